The lowest BCUT2D eigenvalue weighted by molar-refractivity contribution is -0.135. The standard InChI is InChI=1S/C13H14FNO3/c1-8(15-2)11(13(17)18-3)12(16)9-4-6-10(14)7-5-9/h4-7,15H,1-3H3. The zero-order valence-electron chi connectivity index (χ0n) is 10.4. The first-order chi connectivity index (χ1) is 8.51. The summed E-state index contributed by atoms with van der Waals surface area (Å²) in [5, 5.41) is 2.73. The molecule has 1 N–H and O–H groups in total. The fraction of sp³-hybridized carbons (Fsp3) is 0.231. The molecule has 4 nitrogen and oxygen atoms in total. The van der Waals surface area contributed by atoms with Crippen molar-refractivity contribution < 1.29 is 18.7 Å². The summed E-state index contributed by atoms with van der Waals surface area (Å²) < 4.78 is 17.3. The Labute approximate surface area is 104 Å². The summed E-state index contributed by atoms with van der Waals surface area (Å²) >= 11 is 0. The van der Waals surface area contributed by atoms with Crippen LogP contribution in [0.5, 0.6) is 0 Å². The molecule has 96 valence electrons. The number of methoxy groups -OCH3 is 1. The maximum atomic E-state index is 12.8. The number of hydrogen-bond donors (Lipinski definition) is 1. The van der Waals surface area contributed by atoms with Crippen molar-refractivity contribution in [2.45, 2.75) is 6.92 Å². The molecule has 0 fully saturated rings. The Kier molecular flexibility index (Phi) is 4.59. The van der Waals surface area contributed by atoms with Gasteiger partial charge in [-0.3, -0.25) is 4.79 Å². The van der Waals surface area contributed by atoms with Crippen molar-refractivity contribution in [3.63, 3.8) is 0 Å². The third-order valence-electron chi connectivity index (χ3n) is 2.47. The number of carbonyl (C=O) groups excluding carboxylic acids is 2. The number of benzene rings is 1. The van der Waals surface area contributed by atoms with Crippen LogP contribution < -0.4 is 5.32 Å². The predicted octanol–water partition coefficient (Wildman–Crippen LogP) is 1.67. The fourth-order valence-electron chi connectivity index (χ4n) is 1.39. The van der Waals surface area contributed by atoms with Gasteiger partial charge in [0.15, 0.2) is 0 Å². The van der Waals surface area contributed by atoms with E-state index in [0.29, 0.717) is 5.70 Å². The fourth-order valence-corrected chi connectivity index (χ4v) is 1.39. The molecule has 0 spiro atoms. The van der Waals surface area contributed by atoms with E-state index in [1.54, 1.807) is 14.0 Å². The topological polar surface area (TPSA) is 55.4 Å². The summed E-state index contributed by atoms with van der Waals surface area (Å²) in [6, 6.07) is 4.97. The molecule has 0 heterocycles. The van der Waals surface area contributed by atoms with E-state index in [1.165, 1.54) is 19.2 Å². The number of nitrogens with one attached hydrogen (secondary N) is 1. The number of halogens is 1. The van der Waals surface area contributed by atoms with Gasteiger partial charge in [0.2, 0.25) is 5.78 Å². The van der Waals surface area contributed by atoms with Crippen LogP contribution in [0.3, 0.4) is 0 Å². The monoisotopic (exact) mass is 251 g/mol. The molecule has 0 radical (unpaired) electrons. The Morgan fingerprint density at radius 1 is 1.22 bits per heavy atom. The number of ketones is 1. The second-order valence-corrected chi connectivity index (χ2v) is 3.58. The number of ether oxygens (including phenoxy) is 1. The van der Waals surface area contributed by atoms with Gasteiger partial charge in [-0.05, 0) is 31.2 Å². The second-order valence-electron chi connectivity index (χ2n) is 3.58. The molecule has 0 amide bonds. The number of esters is 1. The van der Waals surface area contributed by atoms with Gasteiger partial charge in [-0.1, -0.05) is 0 Å². The van der Waals surface area contributed by atoms with Gasteiger partial charge >= 0.3 is 5.97 Å². The highest BCUT2D eigenvalue weighted by molar-refractivity contribution is 6.24. The van der Waals surface area contributed by atoms with E-state index < -0.39 is 17.6 Å². The van der Waals surface area contributed by atoms with E-state index in [0.717, 1.165) is 12.1 Å². The molecule has 1 rings (SSSR count). The minimum absolute atomic E-state index is 0.0911. The first-order valence-corrected chi connectivity index (χ1v) is 5.28. The first kappa shape index (κ1) is 13.9. The van der Waals surface area contributed by atoms with E-state index in [-0.39, 0.29) is 11.1 Å². The summed E-state index contributed by atoms with van der Waals surface area (Å²) in [4.78, 5) is 23.7. The molecule has 0 aliphatic heterocycles. The van der Waals surface area contributed by atoms with Crippen LogP contribution in [0.15, 0.2) is 35.5 Å². The molecule has 1 aromatic rings. The van der Waals surface area contributed by atoms with Gasteiger partial charge in [-0.2, -0.15) is 0 Å². The van der Waals surface area contributed by atoms with Crippen molar-refractivity contribution in [2.75, 3.05) is 14.2 Å². The van der Waals surface area contributed by atoms with Crippen molar-refractivity contribution in [2.24, 2.45) is 0 Å². The molecule has 0 aliphatic rings. The molecule has 18 heavy (non-hydrogen) atoms. The molecule has 1 aromatic carbocycles. The number of Topliss-reactive ketones (excluding diaryl/α,β-unsaturated/α-hetero) is 1. The van der Waals surface area contributed by atoms with Gasteiger partial charge in [0, 0.05) is 18.3 Å². The maximum Gasteiger partial charge on any atom is 0.343 e. The lowest BCUT2D eigenvalue weighted by Gasteiger charge is -2.09. The highest BCUT2D eigenvalue weighted by Gasteiger charge is 2.23. The van der Waals surface area contributed by atoms with Crippen LogP contribution in [0.1, 0.15) is 17.3 Å². The van der Waals surface area contributed by atoms with Crippen molar-refractivity contribution in [1.82, 2.24) is 5.32 Å². The Balaban J connectivity index is 3.19. The second kappa shape index (κ2) is 5.95. The van der Waals surface area contributed by atoms with E-state index in [4.69, 9.17) is 0 Å². The van der Waals surface area contributed by atoms with Gasteiger partial charge in [0.05, 0.1) is 7.11 Å². The molecular weight excluding hydrogens is 237 g/mol. The Morgan fingerprint density at radius 3 is 2.22 bits per heavy atom. The zero-order valence-corrected chi connectivity index (χ0v) is 10.4. The number of hydrogen-bond acceptors (Lipinski definition) is 4. The molecule has 0 aliphatic carbocycles. The highest BCUT2D eigenvalue weighted by Crippen LogP contribution is 2.13. The minimum Gasteiger partial charge on any atom is -0.465 e. The average molecular weight is 251 g/mol. The van der Waals surface area contributed by atoms with Gasteiger partial charge in [-0.15, -0.1) is 0 Å². The van der Waals surface area contributed by atoms with E-state index in [9.17, 15) is 14.0 Å². The normalized spacial score (nSPS) is 11.6. The molecule has 0 saturated carbocycles. The van der Waals surface area contributed by atoms with Gasteiger partial charge in [-0.25, -0.2) is 9.18 Å². The SMILES string of the molecule is CNC(C)=C(C(=O)OC)C(=O)c1ccc(F)cc1. The number of carbonyl (C=O) groups is 2. The van der Waals surface area contributed by atoms with Crippen molar-refractivity contribution in [3.05, 3.63) is 46.9 Å². The van der Waals surface area contributed by atoms with E-state index in [2.05, 4.69) is 10.1 Å². The Bertz CT molecular complexity index is 491. The average Bonchev–Trinajstić information content (AvgIpc) is 2.39. The van der Waals surface area contributed by atoms with Crippen LogP contribution >= 0.6 is 0 Å². The summed E-state index contributed by atoms with van der Waals surface area (Å²) in [6.45, 7) is 1.59. The quantitative estimate of drug-likeness (QED) is 0.291. The van der Waals surface area contributed by atoms with Gasteiger partial charge in [0.25, 0.3) is 0 Å². The Hall–Kier alpha value is -2.17. The van der Waals surface area contributed by atoms with Crippen LogP contribution in [0.25, 0.3) is 0 Å². The van der Waals surface area contributed by atoms with Crippen molar-refractivity contribution in [1.29, 1.82) is 0 Å². The number of allylic oxidation sites excluding steroid dienone is 1. The first-order valence-electron chi connectivity index (χ1n) is 5.28. The maximum absolute atomic E-state index is 12.8. The lowest BCUT2D eigenvalue weighted by Crippen LogP contribution is -2.21. The summed E-state index contributed by atoms with van der Waals surface area (Å²) in [7, 11) is 2.79. The van der Waals surface area contributed by atoms with Crippen molar-refractivity contribution >= 4 is 11.8 Å². The number of rotatable bonds is 4. The largest absolute Gasteiger partial charge is 0.465 e. The molecule has 0 saturated heterocycles. The zero-order chi connectivity index (χ0) is 13.7. The van der Waals surface area contributed by atoms with Gasteiger partial charge < -0.3 is 10.1 Å². The minimum atomic E-state index is -0.726. The van der Waals surface area contributed by atoms with Crippen LogP contribution in [-0.4, -0.2) is 25.9 Å². The third kappa shape index (κ3) is 2.94. The van der Waals surface area contributed by atoms with E-state index >= 15 is 0 Å². The molecular formula is C13H14FNO3. The van der Waals surface area contributed by atoms with Crippen LogP contribution in [0.4, 0.5) is 4.39 Å². The third-order valence-corrected chi connectivity index (χ3v) is 2.47. The summed E-state index contributed by atoms with van der Waals surface area (Å²) in [5.74, 6) is -1.68. The van der Waals surface area contributed by atoms with E-state index in [1.807, 2.05) is 0 Å². The highest BCUT2D eigenvalue weighted by atomic mass is 19.1. The van der Waals surface area contributed by atoms with Crippen LogP contribution in [-0.2, 0) is 9.53 Å². The summed E-state index contributed by atoms with van der Waals surface area (Å²) in [5.41, 5.74) is 0.536. The van der Waals surface area contributed by atoms with Gasteiger partial charge in [0.1, 0.15) is 11.4 Å². The predicted molar refractivity (Wildman–Crippen MR) is 64.5 cm³/mol. The lowest BCUT2D eigenvalue weighted by atomic mass is 10.0. The van der Waals surface area contributed by atoms with Crippen LogP contribution in [0, 0.1) is 5.82 Å². The molecule has 0 atom stereocenters. The smallest absolute Gasteiger partial charge is 0.343 e. The molecule has 5 heteroatoms. The molecule has 0 unspecified atom stereocenters. The van der Waals surface area contributed by atoms with Crippen molar-refractivity contribution in [3.8, 4) is 0 Å². The molecule has 0 bridgehead atoms. The molecule has 0 aromatic heterocycles. The van der Waals surface area contributed by atoms with Crippen LogP contribution in [0.2, 0.25) is 0 Å². The summed E-state index contributed by atoms with van der Waals surface area (Å²) in [6.07, 6.45) is 0. The Morgan fingerprint density at radius 2 is 1.78 bits per heavy atom.